The summed E-state index contributed by atoms with van der Waals surface area (Å²) in [6.07, 6.45) is 1.49. The van der Waals surface area contributed by atoms with Gasteiger partial charge >= 0.3 is 0 Å². The number of aromatic nitrogens is 2. The zero-order valence-electron chi connectivity index (χ0n) is 17.3. The zero-order valence-corrected chi connectivity index (χ0v) is 19.0. The van der Waals surface area contributed by atoms with Gasteiger partial charge in [0.25, 0.3) is 5.91 Å². The van der Waals surface area contributed by atoms with Crippen molar-refractivity contribution in [2.75, 3.05) is 37.2 Å². The molecule has 8 nitrogen and oxygen atoms in total. The number of anilines is 2. The molecule has 1 saturated heterocycles. The van der Waals surface area contributed by atoms with E-state index in [9.17, 15) is 9.59 Å². The maximum atomic E-state index is 12.6. The van der Waals surface area contributed by atoms with Crippen molar-refractivity contribution >= 4 is 45.7 Å². The molecule has 0 unspecified atom stereocenters. The highest BCUT2D eigenvalue weighted by Gasteiger charge is 2.26. The molecule has 3 aromatic rings. The van der Waals surface area contributed by atoms with Gasteiger partial charge in [0.15, 0.2) is 10.1 Å². The molecule has 0 spiro atoms. The fourth-order valence-corrected chi connectivity index (χ4v) is 4.87. The molecule has 1 aliphatic heterocycles. The van der Waals surface area contributed by atoms with E-state index in [0.29, 0.717) is 42.8 Å². The van der Waals surface area contributed by atoms with E-state index in [1.165, 1.54) is 40.5 Å². The third kappa shape index (κ3) is 5.26. The predicted molar refractivity (Wildman–Crippen MR) is 121 cm³/mol. The van der Waals surface area contributed by atoms with Crippen LogP contribution in [0.25, 0.3) is 0 Å². The summed E-state index contributed by atoms with van der Waals surface area (Å²) in [5.74, 6) is 0.527. The molecule has 1 fully saturated rings. The molecule has 3 heterocycles. The Labute approximate surface area is 188 Å². The lowest BCUT2D eigenvalue weighted by molar-refractivity contribution is -0.129. The van der Waals surface area contributed by atoms with Crippen LogP contribution < -0.4 is 5.32 Å². The van der Waals surface area contributed by atoms with Crippen LogP contribution in [0.3, 0.4) is 0 Å². The first-order valence-electron chi connectivity index (χ1n) is 9.91. The topological polar surface area (TPSA) is 91.6 Å². The molecule has 0 bridgehead atoms. The van der Waals surface area contributed by atoms with Crippen LogP contribution in [-0.2, 0) is 4.79 Å². The quantitative estimate of drug-likeness (QED) is 0.566. The molecule has 0 aliphatic carbocycles. The molecular formula is C21H23N5O3S2. The number of piperazine rings is 1. The van der Waals surface area contributed by atoms with E-state index in [1.807, 2.05) is 6.07 Å². The minimum Gasteiger partial charge on any atom is -0.459 e. The van der Waals surface area contributed by atoms with Gasteiger partial charge < -0.3 is 19.5 Å². The molecule has 10 heteroatoms. The van der Waals surface area contributed by atoms with Crippen molar-refractivity contribution in [3.8, 4) is 0 Å². The van der Waals surface area contributed by atoms with E-state index in [2.05, 4.69) is 41.5 Å². The summed E-state index contributed by atoms with van der Waals surface area (Å²) in [6.45, 7) is 6.17. The molecule has 2 amide bonds. The van der Waals surface area contributed by atoms with Crippen LogP contribution in [0.1, 0.15) is 21.7 Å². The fraction of sp³-hybridized carbons (Fsp3) is 0.333. The van der Waals surface area contributed by atoms with E-state index in [0.717, 1.165) is 10.0 Å². The summed E-state index contributed by atoms with van der Waals surface area (Å²) < 4.78 is 5.91. The monoisotopic (exact) mass is 457 g/mol. The zero-order chi connectivity index (χ0) is 21.8. The lowest BCUT2D eigenvalue weighted by atomic mass is 10.1. The van der Waals surface area contributed by atoms with Crippen molar-refractivity contribution in [1.82, 2.24) is 20.0 Å². The standard InChI is InChI=1S/C21H23N5O3S2/c1-14-5-6-16(12-15(14)2)22-20-23-24-21(31-20)30-13-18(27)25-7-9-26(10-8-25)19(28)17-4-3-11-29-17/h3-6,11-12H,7-10,13H2,1-2H3,(H,22,23). The largest absolute Gasteiger partial charge is 0.459 e. The highest BCUT2D eigenvalue weighted by atomic mass is 32.2. The van der Waals surface area contributed by atoms with Gasteiger partial charge in [0.2, 0.25) is 11.0 Å². The van der Waals surface area contributed by atoms with Gasteiger partial charge in [-0.15, -0.1) is 10.2 Å². The lowest BCUT2D eigenvalue weighted by Crippen LogP contribution is -2.51. The maximum absolute atomic E-state index is 12.6. The van der Waals surface area contributed by atoms with Gasteiger partial charge in [0.1, 0.15) is 0 Å². The van der Waals surface area contributed by atoms with E-state index >= 15 is 0 Å². The highest BCUT2D eigenvalue weighted by molar-refractivity contribution is 8.01. The number of benzene rings is 1. The normalized spacial score (nSPS) is 14.0. The summed E-state index contributed by atoms with van der Waals surface area (Å²) >= 11 is 2.81. The van der Waals surface area contributed by atoms with Crippen LogP contribution in [0.15, 0.2) is 45.4 Å². The molecule has 0 saturated carbocycles. The number of carbonyl (C=O) groups excluding carboxylic acids is 2. The van der Waals surface area contributed by atoms with Crippen molar-refractivity contribution in [1.29, 1.82) is 0 Å². The highest BCUT2D eigenvalue weighted by Crippen LogP contribution is 2.28. The molecule has 1 N–H and O–H groups in total. The lowest BCUT2D eigenvalue weighted by Gasteiger charge is -2.34. The Bertz CT molecular complexity index is 1060. The molecule has 0 atom stereocenters. The van der Waals surface area contributed by atoms with E-state index < -0.39 is 0 Å². The Morgan fingerprint density at radius 2 is 1.87 bits per heavy atom. The summed E-state index contributed by atoms with van der Waals surface area (Å²) in [5, 5.41) is 12.3. The predicted octanol–water partition coefficient (Wildman–Crippen LogP) is 3.57. The Kier molecular flexibility index (Phi) is 6.57. The first kappa shape index (κ1) is 21.4. The van der Waals surface area contributed by atoms with Gasteiger partial charge in [-0.1, -0.05) is 29.2 Å². The Balaban J connectivity index is 1.24. The average Bonchev–Trinajstić information content (AvgIpc) is 3.47. The molecule has 162 valence electrons. The number of nitrogens with one attached hydrogen (secondary N) is 1. The first-order chi connectivity index (χ1) is 15.0. The fourth-order valence-electron chi connectivity index (χ4n) is 3.19. The van der Waals surface area contributed by atoms with Gasteiger partial charge in [0.05, 0.1) is 12.0 Å². The van der Waals surface area contributed by atoms with Crippen LogP contribution in [0.4, 0.5) is 10.8 Å². The number of carbonyl (C=O) groups is 2. The second-order valence-corrected chi connectivity index (χ2v) is 9.44. The molecular weight excluding hydrogens is 434 g/mol. The van der Waals surface area contributed by atoms with Crippen LogP contribution in [0.5, 0.6) is 0 Å². The van der Waals surface area contributed by atoms with Crippen molar-refractivity contribution < 1.29 is 14.0 Å². The number of hydrogen-bond acceptors (Lipinski definition) is 8. The van der Waals surface area contributed by atoms with Gasteiger partial charge in [-0.25, -0.2) is 0 Å². The Morgan fingerprint density at radius 3 is 2.58 bits per heavy atom. The molecule has 31 heavy (non-hydrogen) atoms. The van der Waals surface area contributed by atoms with Crippen molar-refractivity contribution in [2.24, 2.45) is 0 Å². The summed E-state index contributed by atoms with van der Waals surface area (Å²) in [5.41, 5.74) is 3.42. The van der Waals surface area contributed by atoms with Gasteiger partial charge in [-0.05, 0) is 49.2 Å². The van der Waals surface area contributed by atoms with Gasteiger partial charge in [-0.2, -0.15) is 0 Å². The number of hydrogen-bond donors (Lipinski definition) is 1. The summed E-state index contributed by atoms with van der Waals surface area (Å²) in [6, 6.07) is 9.50. The Hall–Kier alpha value is -2.85. The van der Waals surface area contributed by atoms with E-state index in [-0.39, 0.29) is 11.8 Å². The number of rotatable bonds is 6. The van der Waals surface area contributed by atoms with Crippen molar-refractivity contribution in [2.45, 2.75) is 18.2 Å². The number of amides is 2. The molecule has 2 aromatic heterocycles. The van der Waals surface area contributed by atoms with E-state index in [1.54, 1.807) is 21.9 Å². The van der Waals surface area contributed by atoms with Gasteiger partial charge in [0, 0.05) is 31.9 Å². The smallest absolute Gasteiger partial charge is 0.289 e. The second kappa shape index (κ2) is 9.52. The number of furan rings is 1. The third-order valence-corrected chi connectivity index (χ3v) is 7.09. The molecule has 0 radical (unpaired) electrons. The molecule has 1 aromatic carbocycles. The summed E-state index contributed by atoms with van der Waals surface area (Å²) in [7, 11) is 0. The van der Waals surface area contributed by atoms with Crippen molar-refractivity contribution in [3.05, 3.63) is 53.5 Å². The second-order valence-electron chi connectivity index (χ2n) is 7.24. The van der Waals surface area contributed by atoms with Crippen LogP contribution >= 0.6 is 23.1 Å². The Morgan fingerprint density at radius 1 is 1.10 bits per heavy atom. The SMILES string of the molecule is Cc1ccc(Nc2nnc(SCC(=O)N3CCN(C(=O)c4ccco4)CC3)s2)cc1C. The number of aryl methyl sites for hydroxylation is 2. The maximum Gasteiger partial charge on any atom is 0.289 e. The average molecular weight is 458 g/mol. The van der Waals surface area contributed by atoms with Crippen LogP contribution in [-0.4, -0.2) is 63.7 Å². The van der Waals surface area contributed by atoms with Gasteiger partial charge in [-0.3, -0.25) is 9.59 Å². The molecule has 1 aliphatic rings. The van der Waals surface area contributed by atoms with Crippen LogP contribution in [0, 0.1) is 13.8 Å². The van der Waals surface area contributed by atoms with Crippen LogP contribution in [0.2, 0.25) is 0 Å². The third-order valence-electron chi connectivity index (χ3n) is 5.14. The minimum absolute atomic E-state index is 0.0361. The molecule has 4 rings (SSSR count). The first-order valence-corrected chi connectivity index (χ1v) is 11.7. The minimum atomic E-state index is -0.135. The number of nitrogens with zero attached hydrogens (tertiary/aromatic N) is 4. The van der Waals surface area contributed by atoms with E-state index in [4.69, 9.17) is 4.42 Å². The van der Waals surface area contributed by atoms with Crippen molar-refractivity contribution in [3.63, 3.8) is 0 Å². The number of thioether (sulfide) groups is 1. The summed E-state index contributed by atoms with van der Waals surface area (Å²) in [4.78, 5) is 28.4.